The quantitative estimate of drug-likeness (QED) is 0.877. The molecule has 0 bridgehead atoms. The van der Waals surface area contributed by atoms with Crippen LogP contribution in [0.5, 0.6) is 0 Å². The summed E-state index contributed by atoms with van der Waals surface area (Å²) in [5, 5.41) is 13.4. The van der Waals surface area contributed by atoms with Crippen LogP contribution >= 0.6 is 0 Å². The van der Waals surface area contributed by atoms with Crippen molar-refractivity contribution in [2.45, 2.75) is 18.6 Å². The zero-order valence-electron chi connectivity index (χ0n) is 12.2. The molecule has 2 unspecified atom stereocenters. The van der Waals surface area contributed by atoms with E-state index in [1.807, 2.05) is 18.2 Å². The fraction of sp³-hybridized carbons (Fsp3) is 0.375. The Labute approximate surface area is 128 Å². The van der Waals surface area contributed by atoms with Crippen LogP contribution in [-0.2, 0) is 0 Å². The normalized spacial score (nSPS) is 19.4. The molecule has 1 aliphatic heterocycles. The summed E-state index contributed by atoms with van der Waals surface area (Å²) in [6.45, 7) is 2.21. The summed E-state index contributed by atoms with van der Waals surface area (Å²) in [5.41, 5.74) is 0.480. The van der Waals surface area contributed by atoms with Crippen LogP contribution in [0.25, 0.3) is 0 Å². The Morgan fingerprint density at radius 2 is 2.23 bits per heavy atom. The van der Waals surface area contributed by atoms with Gasteiger partial charge in [0.2, 0.25) is 0 Å². The molecule has 0 radical (unpaired) electrons. The molecular weight excluding hydrogens is 283 g/mol. The fourth-order valence-corrected chi connectivity index (χ4v) is 2.64. The van der Waals surface area contributed by atoms with Gasteiger partial charge in [0.05, 0.1) is 11.9 Å². The van der Waals surface area contributed by atoms with Gasteiger partial charge in [0.25, 0.3) is 0 Å². The first-order valence-electron chi connectivity index (χ1n) is 7.41. The van der Waals surface area contributed by atoms with Gasteiger partial charge in [-0.3, -0.25) is 4.98 Å². The van der Waals surface area contributed by atoms with Gasteiger partial charge in [0, 0.05) is 31.9 Å². The largest absolute Gasteiger partial charge is 0.385 e. The number of nitrogens with one attached hydrogen (secondary N) is 1. The van der Waals surface area contributed by atoms with Crippen LogP contribution in [0.4, 0.5) is 10.2 Å². The van der Waals surface area contributed by atoms with Crippen LogP contribution in [0.1, 0.15) is 18.2 Å². The number of rotatable bonds is 5. The van der Waals surface area contributed by atoms with Crippen molar-refractivity contribution in [1.82, 2.24) is 15.3 Å². The molecule has 0 saturated carbocycles. The number of aliphatic hydroxyl groups excluding tert-OH is 1. The van der Waals surface area contributed by atoms with E-state index in [-0.39, 0.29) is 0 Å². The number of nitrogens with zero attached hydrogens (tertiary/aromatic N) is 3. The molecule has 3 rings (SSSR count). The van der Waals surface area contributed by atoms with E-state index in [4.69, 9.17) is 0 Å². The van der Waals surface area contributed by atoms with E-state index >= 15 is 0 Å². The van der Waals surface area contributed by atoms with Gasteiger partial charge in [0.1, 0.15) is 17.7 Å². The van der Waals surface area contributed by atoms with E-state index in [9.17, 15) is 9.50 Å². The van der Waals surface area contributed by atoms with Crippen molar-refractivity contribution in [3.05, 3.63) is 54.2 Å². The molecule has 2 atom stereocenters. The third-order valence-electron chi connectivity index (χ3n) is 3.85. The van der Waals surface area contributed by atoms with Gasteiger partial charge in [-0.15, -0.1) is 0 Å². The monoisotopic (exact) mass is 302 g/mol. The molecule has 1 aliphatic rings. The standard InChI is InChI=1S/C16H19FN4O/c17-12-4-5-14(20-9-12)15(22)10-19-13-6-8-21(11-13)16-3-1-2-7-18-16/h1-5,7,9,13,15,19,22H,6,8,10-11H2. The zero-order chi connectivity index (χ0) is 15.4. The van der Waals surface area contributed by atoms with Gasteiger partial charge in [-0.05, 0) is 30.7 Å². The average Bonchev–Trinajstić information content (AvgIpc) is 3.03. The molecular formula is C16H19FN4O. The lowest BCUT2D eigenvalue weighted by Gasteiger charge is -2.19. The molecule has 2 N–H and O–H groups in total. The summed E-state index contributed by atoms with van der Waals surface area (Å²) < 4.78 is 12.8. The van der Waals surface area contributed by atoms with Crippen LogP contribution in [0.3, 0.4) is 0 Å². The van der Waals surface area contributed by atoms with Crippen LogP contribution in [0.15, 0.2) is 42.7 Å². The maximum Gasteiger partial charge on any atom is 0.141 e. The first-order chi connectivity index (χ1) is 10.7. The predicted molar refractivity (Wildman–Crippen MR) is 82.0 cm³/mol. The van der Waals surface area contributed by atoms with Crippen molar-refractivity contribution in [3.8, 4) is 0 Å². The number of pyridine rings is 2. The van der Waals surface area contributed by atoms with Gasteiger partial charge in [0.15, 0.2) is 0 Å². The number of aromatic nitrogens is 2. The highest BCUT2D eigenvalue weighted by atomic mass is 19.1. The summed E-state index contributed by atoms with van der Waals surface area (Å²) in [5.74, 6) is 0.582. The number of hydrogen-bond donors (Lipinski definition) is 2. The van der Waals surface area contributed by atoms with Crippen LogP contribution in [0.2, 0.25) is 0 Å². The third-order valence-corrected chi connectivity index (χ3v) is 3.85. The first-order valence-corrected chi connectivity index (χ1v) is 7.41. The Kier molecular flexibility index (Phi) is 4.60. The van der Waals surface area contributed by atoms with E-state index in [1.165, 1.54) is 12.1 Å². The molecule has 5 nitrogen and oxygen atoms in total. The number of anilines is 1. The second-order valence-electron chi connectivity index (χ2n) is 5.44. The molecule has 6 heteroatoms. The van der Waals surface area contributed by atoms with Gasteiger partial charge < -0.3 is 15.3 Å². The summed E-state index contributed by atoms with van der Waals surface area (Å²) in [6, 6.07) is 9.01. The Balaban J connectivity index is 1.49. The molecule has 1 saturated heterocycles. The van der Waals surface area contributed by atoms with E-state index in [2.05, 4.69) is 20.2 Å². The average molecular weight is 302 g/mol. The smallest absolute Gasteiger partial charge is 0.141 e. The van der Waals surface area contributed by atoms with Gasteiger partial charge in [-0.1, -0.05) is 6.07 Å². The molecule has 3 heterocycles. The molecule has 2 aromatic rings. The van der Waals surface area contributed by atoms with Crippen molar-refractivity contribution in [2.75, 3.05) is 24.5 Å². The summed E-state index contributed by atoms with van der Waals surface area (Å²) >= 11 is 0. The summed E-state index contributed by atoms with van der Waals surface area (Å²) in [4.78, 5) is 10.5. The Bertz CT molecular complexity index is 593. The Hall–Kier alpha value is -2.05. The summed E-state index contributed by atoms with van der Waals surface area (Å²) in [7, 11) is 0. The second kappa shape index (κ2) is 6.81. The van der Waals surface area contributed by atoms with Crippen LogP contribution < -0.4 is 10.2 Å². The van der Waals surface area contributed by atoms with Crippen LogP contribution in [-0.4, -0.2) is 40.8 Å². The summed E-state index contributed by atoms with van der Waals surface area (Å²) in [6.07, 6.45) is 3.18. The molecule has 0 amide bonds. The van der Waals surface area contributed by atoms with Gasteiger partial charge in [-0.2, -0.15) is 0 Å². The molecule has 2 aromatic heterocycles. The van der Waals surface area contributed by atoms with E-state index in [0.717, 1.165) is 31.5 Å². The number of hydrogen-bond acceptors (Lipinski definition) is 5. The molecule has 116 valence electrons. The zero-order valence-corrected chi connectivity index (χ0v) is 12.2. The van der Waals surface area contributed by atoms with Crippen molar-refractivity contribution < 1.29 is 9.50 Å². The Morgan fingerprint density at radius 3 is 2.95 bits per heavy atom. The minimum atomic E-state index is -0.732. The van der Waals surface area contributed by atoms with E-state index in [1.54, 1.807) is 6.20 Å². The van der Waals surface area contributed by atoms with Gasteiger partial charge in [-0.25, -0.2) is 9.37 Å². The molecule has 0 aliphatic carbocycles. The maximum atomic E-state index is 12.8. The highest BCUT2D eigenvalue weighted by Crippen LogP contribution is 2.18. The van der Waals surface area contributed by atoms with Crippen molar-refractivity contribution >= 4 is 5.82 Å². The van der Waals surface area contributed by atoms with Crippen LogP contribution in [0, 0.1) is 5.82 Å². The molecule has 0 aromatic carbocycles. The highest BCUT2D eigenvalue weighted by Gasteiger charge is 2.23. The van der Waals surface area contributed by atoms with E-state index in [0.29, 0.717) is 18.3 Å². The second-order valence-corrected chi connectivity index (χ2v) is 5.44. The van der Waals surface area contributed by atoms with Gasteiger partial charge >= 0.3 is 0 Å². The van der Waals surface area contributed by atoms with Crippen molar-refractivity contribution in [1.29, 1.82) is 0 Å². The first kappa shape index (κ1) is 14.9. The lowest BCUT2D eigenvalue weighted by atomic mass is 10.2. The number of halogens is 1. The fourth-order valence-electron chi connectivity index (χ4n) is 2.64. The van der Waals surface area contributed by atoms with E-state index < -0.39 is 11.9 Å². The minimum Gasteiger partial charge on any atom is -0.385 e. The molecule has 22 heavy (non-hydrogen) atoms. The lowest BCUT2D eigenvalue weighted by molar-refractivity contribution is 0.166. The third kappa shape index (κ3) is 3.58. The lowest BCUT2D eigenvalue weighted by Crippen LogP contribution is -2.35. The minimum absolute atomic E-state index is 0.303. The maximum absolute atomic E-state index is 12.8. The highest BCUT2D eigenvalue weighted by molar-refractivity contribution is 5.39. The molecule has 1 fully saturated rings. The molecule has 0 spiro atoms. The SMILES string of the molecule is OC(CNC1CCN(c2ccccn2)C1)c1ccc(F)cn1. The topological polar surface area (TPSA) is 61.3 Å². The Morgan fingerprint density at radius 1 is 1.32 bits per heavy atom. The predicted octanol–water partition coefficient (Wildman–Crippen LogP) is 1.52. The van der Waals surface area contributed by atoms with Crippen molar-refractivity contribution in [3.63, 3.8) is 0 Å². The van der Waals surface area contributed by atoms with Crippen molar-refractivity contribution in [2.24, 2.45) is 0 Å². The number of aliphatic hydroxyl groups is 1.